The predicted octanol–water partition coefficient (Wildman–Crippen LogP) is 3.15. The number of thiazole rings is 1. The minimum atomic E-state index is -0.456. The molecule has 1 heterocycles. The van der Waals surface area contributed by atoms with Crippen molar-refractivity contribution in [2.24, 2.45) is 0 Å². The van der Waals surface area contributed by atoms with E-state index in [0.29, 0.717) is 16.6 Å². The van der Waals surface area contributed by atoms with E-state index in [1.165, 1.54) is 23.5 Å². The minimum absolute atomic E-state index is 0.0814. The van der Waals surface area contributed by atoms with Crippen LogP contribution in [0.25, 0.3) is 10.6 Å². The Hall–Kier alpha value is -1.46. The van der Waals surface area contributed by atoms with Gasteiger partial charge in [-0.2, -0.15) is 0 Å². The Bertz CT molecular complexity index is 519. The molecule has 0 saturated heterocycles. The Morgan fingerprint density at radius 2 is 2.17 bits per heavy atom. The van der Waals surface area contributed by atoms with Gasteiger partial charge in [-0.15, -0.1) is 11.3 Å². The first kappa shape index (κ1) is 13.0. The number of benzene rings is 1. The average Bonchev–Trinajstić information content (AvgIpc) is 2.73. The highest BCUT2D eigenvalue weighted by molar-refractivity contribution is 7.15. The van der Waals surface area contributed by atoms with Crippen LogP contribution < -0.4 is 5.32 Å². The fourth-order valence-electron chi connectivity index (χ4n) is 1.53. The summed E-state index contributed by atoms with van der Waals surface area (Å²) in [6.07, 6.45) is 1.78. The standard InChI is InChI=1S/C13H15FN2OS/c1-8(2)15-6-12-7-16-13(18-12)9-3-10(14)5-11(17)4-9/h3-5,7-8,15,17H,6H2,1-2H3. The topological polar surface area (TPSA) is 45.2 Å². The summed E-state index contributed by atoms with van der Waals surface area (Å²) in [6.45, 7) is 4.90. The molecule has 0 bridgehead atoms. The van der Waals surface area contributed by atoms with Crippen molar-refractivity contribution in [3.05, 3.63) is 35.1 Å². The molecule has 0 saturated carbocycles. The van der Waals surface area contributed by atoms with E-state index in [-0.39, 0.29) is 5.75 Å². The molecule has 0 aliphatic carbocycles. The second-order valence-corrected chi connectivity index (χ2v) is 5.48. The van der Waals surface area contributed by atoms with E-state index in [1.54, 1.807) is 6.20 Å². The Morgan fingerprint density at radius 1 is 1.39 bits per heavy atom. The predicted molar refractivity (Wildman–Crippen MR) is 71.1 cm³/mol. The first-order valence-corrected chi connectivity index (χ1v) is 6.54. The summed E-state index contributed by atoms with van der Waals surface area (Å²) in [4.78, 5) is 5.33. The molecule has 5 heteroatoms. The molecule has 2 aromatic rings. The molecule has 18 heavy (non-hydrogen) atoms. The molecule has 2 rings (SSSR count). The third kappa shape index (κ3) is 3.27. The maximum absolute atomic E-state index is 13.2. The van der Waals surface area contributed by atoms with Crippen molar-refractivity contribution in [1.29, 1.82) is 0 Å². The van der Waals surface area contributed by atoms with Gasteiger partial charge in [0, 0.05) is 35.3 Å². The van der Waals surface area contributed by atoms with E-state index in [9.17, 15) is 9.50 Å². The number of hydrogen-bond donors (Lipinski definition) is 2. The van der Waals surface area contributed by atoms with E-state index in [4.69, 9.17) is 0 Å². The summed E-state index contributed by atoms with van der Waals surface area (Å²) in [5.41, 5.74) is 0.605. The third-order valence-electron chi connectivity index (χ3n) is 2.37. The summed E-state index contributed by atoms with van der Waals surface area (Å²) in [5, 5.41) is 13.4. The van der Waals surface area contributed by atoms with Gasteiger partial charge < -0.3 is 10.4 Å². The van der Waals surface area contributed by atoms with Crippen molar-refractivity contribution in [3.63, 3.8) is 0 Å². The number of nitrogens with zero attached hydrogens (tertiary/aromatic N) is 1. The van der Waals surface area contributed by atoms with Crippen LogP contribution in [0.2, 0.25) is 0 Å². The lowest BCUT2D eigenvalue weighted by molar-refractivity contribution is 0.469. The SMILES string of the molecule is CC(C)NCc1cnc(-c2cc(O)cc(F)c2)s1. The highest BCUT2D eigenvalue weighted by atomic mass is 32.1. The Kier molecular flexibility index (Phi) is 3.93. The third-order valence-corrected chi connectivity index (χ3v) is 3.41. The van der Waals surface area contributed by atoms with Crippen molar-refractivity contribution in [3.8, 4) is 16.3 Å². The van der Waals surface area contributed by atoms with E-state index in [2.05, 4.69) is 24.1 Å². The van der Waals surface area contributed by atoms with E-state index in [1.807, 2.05) is 0 Å². The molecule has 0 aliphatic heterocycles. The van der Waals surface area contributed by atoms with Crippen LogP contribution in [0.1, 0.15) is 18.7 Å². The Morgan fingerprint density at radius 3 is 2.83 bits per heavy atom. The summed E-state index contributed by atoms with van der Waals surface area (Å²) < 4.78 is 13.2. The van der Waals surface area contributed by atoms with Gasteiger partial charge in [-0.05, 0) is 12.1 Å². The number of hydrogen-bond acceptors (Lipinski definition) is 4. The maximum atomic E-state index is 13.2. The maximum Gasteiger partial charge on any atom is 0.127 e. The van der Waals surface area contributed by atoms with Crippen molar-refractivity contribution in [2.45, 2.75) is 26.4 Å². The second-order valence-electron chi connectivity index (χ2n) is 4.37. The number of nitrogens with one attached hydrogen (secondary N) is 1. The molecule has 0 atom stereocenters. The molecule has 1 aromatic heterocycles. The molecule has 0 radical (unpaired) electrons. The number of phenols is 1. The largest absolute Gasteiger partial charge is 0.508 e. The van der Waals surface area contributed by atoms with Gasteiger partial charge in [-0.25, -0.2) is 9.37 Å². The van der Waals surface area contributed by atoms with E-state index >= 15 is 0 Å². The summed E-state index contributed by atoms with van der Waals surface area (Å²) in [7, 11) is 0. The number of rotatable bonds is 4. The quantitative estimate of drug-likeness (QED) is 0.893. The minimum Gasteiger partial charge on any atom is -0.508 e. The highest BCUT2D eigenvalue weighted by Crippen LogP contribution is 2.28. The van der Waals surface area contributed by atoms with Crippen LogP contribution in [0.15, 0.2) is 24.4 Å². The zero-order valence-electron chi connectivity index (χ0n) is 10.3. The van der Waals surface area contributed by atoms with Crippen LogP contribution >= 0.6 is 11.3 Å². The van der Waals surface area contributed by atoms with Crippen molar-refractivity contribution in [1.82, 2.24) is 10.3 Å². The molecule has 96 valence electrons. The van der Waals surface area contributed by atoms with E-state index < -0.39 is 5.82 Å². The summed E-state index contributed by atoms with van der Waals surface area (Å²) in [6, 6.07) is 4.38. The number of halogens is 1. The lowest BCUT2D eigenvalue weighted by atomic mass is 10.2. The smallest absolute Gasteiger partial charge is 0.127 e. The molecular formula is C13H15FN2OS. The molecule has 0 aliphatic rings. The van der Waals surface area contributed by atoms with Gasteiger partial charge in [-0.3, -0.25) is 0 Å². The monoisotopic (exact) mass is 266 g/mol. The zero-order valence-corrected chi connectivity index (χ0v) is 11.1. The van der Waals surface area contributed by atoms with Crippen LogP contribution in [0.3, 0.4) is 0 Å². The van der Waals surface area contributed by atoms with Crippen molar-refractivity contribution in [2.75, 3.05) is 0 Å². The van der Waals surface area contributed by atoms with Gasteiger partial charge in [0.2, 0.25) is 0 Å². The van der Waals surface area contributed by atoms with Gasteiger partial charge in [0.25, 0.3) is 0 Å². The molecule has 0 unspecified atom stereocenters. The molecular weight excluding hydrogens is 251 g/mol. The van der Waals surface area contributed by atoms with Crippen LogP contribution in [0, 0.1) is 5.82 Å². The van der Waals surface area contributed by atoms with Gasteiger partial charge in [0.1, 0.15) is 16.6 Å². The average molecular weight is 266 g/mol. The van der Waals surface area contributed by atoms with Crippen LogP contribution in [0.5, 0.6) is 5.75 Å². The molecule has 0 spiro atoms. The fourth-order valence-corrected chi connectivity index (χ4v) is 2.38. The van der Waals surface area contributed by atoms with Gasteiger partial charge in [-0.1, -0.05) is 13.8 Å². The lowest BCUT2D eigenvalue weighted by Gasteiger charge is -2.04. The number of aromatic nitrogens is 1. The van der Waals surface area contributed by atoms with Gasteiger partial charge >= 0.3 is 0 Å². The molecule has 0 fully saturated rings. The number of aromatic hydroxyl groups is 1. The fraction of sp³-hybridized carbons (Fsp3) is 0.308. The molecule has 0 amide bonds. The van der Waals surface area contributed by atoms with Crippen LogP contribution in [-0.4, -0.2) is 16.1 Å². The normalized spacial score (nSPS) is 11.1. The number of phenolic OH excluding ortho intramolecular Hbond substituents is 1. The van der Waals surface area contributed by atoms with Crippen molar-refractivity contribution >= 4 is 11.3 Å². The first-order valence-electron chi connectivity index (χ1n) is 5.72. The van der Waals surface area contributed by atoms with Gasteiger partial charge in [0.05, 0.1) is 0 Å². The van der Waals surface area contributed by atoms with Crippen LogP contribution in [-0.2, 0) is 6.54 Å². The zero-order chi connectivity index (χ0) is 13.1. The van der Waals surface area contributed by atoms with Gasteiger partial charge in [0.15, 0.2) is 0 Å². The second kappa shape index (κ2) is 5.46. The summed E-state index contributed by atoms with van der Waals surface area (Å²) >= 11 is 1.49. The van der Waals surface area contributed by atoms with Crippen molar-refractivity contribution < 1.29 is 9.50 Å². The van der Waals surface area contributed by atoms with Crippen LogP contribution in [0.4, 0.5) is 4.39 Å². The summed E-state index contributed by atoms with van der Waals surface area (Å²) in [5.74, 6) is -0.538. The lowest BCUT2D eigenvalue weighted by Crippen LogP contribution is -2.21. The first-order chi connectivity index (χ1) is 8.54. The molecule has 3 nitrogen and oxygen atoms in total. The molecule has 2 N–H and O–H groups in total. The van der Waals surface area contributed by atoms with E-state index in [0.717, 1.165) is 17.5 Å². The molecule has 1 aromatic carbocycles. The Balaban J connectivity index is 2.18. The Labute approximate surface area is 109 Å². The highest BCUT2D eigenvalue weighted by Gasteiger charge is 2.08.